The van der Waals surface area contributed by atoms with Gasteiger partial charge in [0.25, 0.3) is 5.91 Å². The molecule has 21 heavy (non-hydrogen) atoms. The summed E-state index contributed by atoms with van der Waals surface area (Å²) in [4.78, 5) is 19.6. The van der Waals surface area contributed by atoms with Crippen molar-refractivity contribution in [3.63, 3.8) is 0 Å². The SMILES string of the molecule is CCN1CCN(C(=O)c2cc3c(s2)CCCCCC3)CC1. The highest BCUT2D eigenvalue weighted by Crippen LogP contribution is 2.29. The average molecular weight is 306 g/mol. The highest BCUT2D eigenvalue weighted by atomic mass is 32.1. The second-order valence-electron chi connectivity index (χ2n) is 6.20. The molecule has 3 nitrogen and oxygen atoms in total. The summed E-state index contributed by atoms with van der Waals surface area (Å²) in [5.74, 6) is 0.266. The molecule has 0 spiro atoms. The van der Waals surface area contributed by atoms with E-state index in [1.807, 2.05) is 4.90 Å². The summed E-state index contributed by atoms with van der Waals surface area (Å²) in [5.41, 5.74) is 1.45. The molecule has 1 aromatic rings. The molecule has 1 aliphatic heterocycles. The molecule has 1 aromatic heterocycles. The first-order chi connectivity index (χ1) is 10.3. The van der Waals surface area contributed by atoms with Gasteiger partial charge in [0.2, 0.25) is 0 Å². The van der Waals surface area contributed by atoms with Crippen molar-refractivity contribution in [2.24, 2.45) is 0 Å². The molecular formula is C17H26N2OS. The van der Waals surface area contributed by atoms with Gasteiger partial charge in [0.1, 0.15) is 0 Å². The van der Waals surface area contributed by atoms with Crippen molar-refractivity contribution in [2.75, 3.05) is 32.7 Å². The largest absolute Gasteiger partial charge is 0.335 e. The number of amides is 1. The number of carbonyl (C=O) groups is 1. The number of thiophene rings is 1. The Morgan fingerprint density at radius 2 is 1.81 bits per heavy atom. The van der Waals surface area contributed by atoms with Crippen molar-refractivity contribution < 1.29 is 4.79 Å². The topological polar surface area (TPSA) is 23.6 Å². The van der Waals surface area contributed by atoms with Crippen LogP contribution in [0.25, 0.3) is 0 Å². The maximum absolute atomic E-state index is 12.7. The first-order valence-electron chi connectivity index (χ1n) is 8.41. The van der Waals surface area contributed by atoms with E-state index in [9.17, 15) is 4.79 Å². The van der Waals surface area contributed by atoms with Gasteiger partial charge in [-0.3, -0.25) is 4.79 Å². The smallest absolute Gasteiger partial charge is 0.264 e. The third-order valence-corrected chi connectivity index (χ3v) is 6.04. The summed E-state index contributed by atoms with van der Waals surface area (Å²) < 4.78 is 0. The van der Waals surface area contributed by atoms with Gasteiger partial charge in [-0.1, -0.05) is 19.8 Å². The van der Waals surface area contributed by atoms with E-state index in [1.165, 1.54) is 49.0 Å². The van der Waals surface area contributed by atoms with Gasteiger partial charge < -0.3 is 9.80 Å². The van der Waals surface area contributed by atoms with Gasteiger partial charge in [0.15, 0.2) is 0 Å². The molecule has 0 N–H and O–H groups in total. The average Bonchev–Trinajstić information content (AvgIpc) is 2.89. The van der Waals surface area contributed by atoms with Crippen LogP contribution in [0.3, 0.4) is 0 Å². The highest BCUT2D eigenvalue weighted by molar-refractivity contribution is 7.14. The van der Waals surface area contributed by atoms with Crippen molar-refractivity contribution in [1.29, 1.82) is 0 Å². The number of likely N-dealkylation sites (N-methyl/N-ethyl adjacent to an activating group) is 1. The molecule has 0 bridgehead atoms. The standard InChI is InChI=1S/C17H26N2OS/c1-2-18-9-11-19(12-10-18)17(20)16-13-14-7-5-3-4-6-8-15(14)21-16/h13H,2-12H2,1H3. The van der Waals surface area contributed by atoms with E-state index in [0.29, 0.717) is 0 Å². The number of nitrogens with zero attached hydrogens (tertiary/aromatic N) is 2. The van der Waals surface area contributed by atoms with Crippen LogP contribution in [0.15, 0.2) is 6.07 Å². The van der Waals surface area contributed by atoms with Gasteiger partial charge in [0, 0.05) is 31.1 Å². The lowest BCUT2D eigenvalue weighted by atomic mass is 10.00. The van der Waals surface area contributed by atoms with Gasteiger partial charge in [-0.25, -0.2) is 0 Å². The number of carbonyl (C=O) groups excluding carboxylic acids is 1. The van der Waals surface area contributed by atoms with Crippen molar-refractivity contribution >= 4 is 17.2 Å². The minimum atomic E-state index is 0.266. The Hall–Kier alpha value is -0.870. The van der Waals surface area contributed by atoms with Gasteiger partial charge in [-0.2, -0.15) is 0 Å². The number of aryl methyl sites for hydroxylation is 2. The summed E-state index contributed by atoms with van der Waals surface area (Å²) in [6.45, 7) is 7.09. The number of hydrogen-bond donors (Lipinski definition) is 0. The predicted octanol–water partition coefficient (Wildman–Crippen LogP) is 3.18. The van der Waals surface area contributed by atoms with Crippen molar-refractivity contribution in [2.45, 2.75) is 45.4 Å². The fourth-order valence-corrected chi connectivity index (χ4v) is 4.59. The zero-order valence-electron chi connectivity index (χ0n) is 13.1. The lowest BCUT2D eigenvalue weighted by Crippen LogP contribution is -2.48. The second kappa shape index (κ2) is 6.93. The molecule has 0 saturated carbocycles. The van der Waals surface area contributed by atoms with Gasteiger partial charge in [-0.05, 0) is 43.9 Å². The number of hydrogen-bond acceptors (Lipinski definition) is 3. The quantitative estimate of drug-likeness (QED) is 0.838. The van der Waals surface area contributed by atoms with E-state index < -0.39 is 0 Å². The van der Waals surface area contributed by atoms with Crippen molar-refractivity contribution in [3.05, 3.63) is 21.4 Å². The normalized spacial score (nSPS) is 20.7. The summed E-state index contributed by atoms with van der Waals surface area (Å²) in [6.07, 6.45) is 7.61. The predicted molar refractivity (Wildman–Crippen MR) is 88.2 cm³/mol. The third-order valence-electron chi connectivity index (χ3n) is 4.81. The summed E-state index contributed by atoms with van der Waals surface area (Å²) in [6, 6.07) is 2.19. The molecule has 1 saturated heterocycles. The highest BCUT2D eigenvalue weighted by Gasteiger charge is 2.24. The Bertz CT molecular complexity index is 463. The van der Waals surface area contributed by atoms with E-state index in [1.54, 1.807) is 11.3 Å². The van der Waals surface area contributed by atoms with E-state index in [2.05, 4.69) is 17.9 Å². The van der Waals surface area contributed by atoms with Crippen LogP contribution in [0.1, 0.15) is 52.7 Å². The molecule has 1 amide bonds. The van der Waals surface area contributed by atoms with E-state index >= 15 is 0 Å². The molecule has 3 rings (SSSR count). The van der Waals surface area contributed by atoms with E-state index in [-0.39, 0.29) is 5.91 Å². The van der Waals surface area contributed by atoms with Crippen LogP contribution in [0.2, 0.25) is 0 Å². The van der Waals surface area contributed by atoms with Crippen LogP contribution < -0.4 is 0 Å². The molecule has 4 heteroatoms. The maximum atomic E-state index is 12.7. The monoisotopic (exact) mass is 306 g/mol. The zero-order valence-corrected chi connectivity index (χ0v) is 13.9. The number of rotatable bonds is 2. The Morgan fingerprint density at radius 1 is 1.10 bits per heavy atom. The molecule has 1 aliphatic carbocycles. The Labute approximate surface area is 131 Å². The number of piperazine rings is 1. The van der Waals surface area contributed by atoms with Crippen LogP contribution in [-0.4, -0.2) is 48.4 Å². The first-order valence-corrected chi connectivity index (χ1v) is 9.23. The van der Waals surface area contributed by atoms with Gasteiger partial charge >= 0.3 is 0 Å². The fourth-order valence-electron chi connectivity index (χ4n) is 3.37. The zero-order chi connectivity index (χ0) is 14.7. The van der Waals surface area contributed by atoms with Crippen LogP contribution >= 0.6 is 11.3 Å². The Kier molecular flexibility index (Phi) is 4.96. The van der Waals surface area contributed by atoms with Crippen molar-refractivity contribution in [1.82, 2.24) is 9.80 Å². The Morgan fingerprint density at radius 3 is 2.52 bits per heavy atom. The minimum absolute atomic E-state index is 0.266. The first kappa shape index (κ1) is 15.0. The molecule has 1 fully saturated rings. The molecule has 2 heterocycles. The van der Waals surface area contributed by atoms with E-state index in [4.69, 9.17) is 0 Å². The molecule has 116 valence electrons. The molecule has 0 aromatic carbocycles. The Balaban J connectivity index is 1.69. The molecule has 0 atom stereocenters. The summed E-state index contributed by atoms with van der Waals surface area (Å²) in [7, 11) is 0. The van der Waals surface area contributed by atoms with Gasteiger partial charge in [0.05, 0.1) is 4.88 Å². The second-order valence-corrected chi connectivity index (χ2v) is 7.34. The molecule has 0 unspecified atom stereocenters. The fraction of sp³-hybridized carbons (Fsp3) is 0.706. The van der Waals surface area contributed by atoms with Crippen LogP contribution in [-0.2, 0) is 12.8 Å². The molecular weight excluding hydrogens is 280 g/mol. The molecule has 2 aliphatic rings. The van der Waals surface area contributed by atoms with Crippen molar-refractivity contribution in [3.8, 4) is 0 Å². The van der Waals surface area contributed by atoms with Crippen LogP contribution in [0.4, 0.5) is 0 Å². The third kappa shape index (κ3) is 3.49. The molecule has 0 radical (unpaired) electrons. The van der Waals surface area contributed by atoms with Crippen LogP contribution in [0.5, 0.6) is 0 Å². The maximum Gasteiger partial charge on any atom is 0.264 e. The van der Waals surface area contributed by atoms with Gasteiger partial charge in [-0.15, -0.1) is 11.3 Å². The summed E-state index contributed by atoms with van der Waals surface area (Å²) >= 11 is 1.76. The minimum Gasteiger partial charge on any atom is -0.335 e. The number of fused-ring (bicyclic) bond motifs is 1. The lowest BCUT2D eigenvalue weighted by molar-refractivity contribution is 0.0648. The lowest BCUT2D eigenvalue weighted by Gasteiger charge is -2.33. The van der Waals surface area contributed by atoms with Crippen LogP contribution in [0, 0.1) is 0 Å². The summed E-state index contributed by atoms with van der Waals surface area (Å²) in [5, 5.41) is 0. The van der Waals surface area contributed by atoms with E-state index in [0.717, 1.165) is 37.6 Å².